The summed E-state index contributed by atoms with van der Waals surface area (Å²) >= 11 is 7.82. The average molecular weight is 1150 g/mol. The fourth-order valence-electron chi connectivity index (χ4n) is 13.6. The van der Waals surface area contributed by atoms with Crippen LogP contribution < -0.4 is 10.6 Å². The van der Waals surface area contributed by atoms with Crippen molar-refractivity contribution in [2.24, 2.45) is 4.99 Å². The minimum Gasteiger partial charge on any atom is -0.460 e. The summed E-state index contributed by atoms with van der Waals surface area (Å²) in [6, 6.07) is 22.9. The maximum atomic E-state index is 14.7. The van der Waals surface area contributed by atoms with Crippen LogP contribution in [0, 0.1) is 20.8 Å². The van der Waals surface area contributed by atoms with Crippen molar-refractivity contribution in [3.05, 3.63) is 122 Å². The van der Waals surface area contributed by atoms with E-state index in [1.54, 1.807) is 35.2 Å². The Morgan fingerprint density at radius 3 is 1.74 bits per heavy atom. The molecule has 13 heterocycles. The third-order valence-electron chi connectivity index (χ3n) is 17.1. The average Bonchev–Trinajstić information content (AvgIpc) is 3.77. The molecule has 0 unspecified atom stereocenters. The molecule has 9 atom stereocenters. The highest BCUT2D eigenvalue weighted by Gasteiger charge is 2.87. The number of aliphatic hydroxyl groups excluding tert-OH is 2. The quantitative estimate of drug-likeness (QED) is 0.101. The fraction of sp³-hybridized carbons (Fsp3) is 0.434. The highest BCUT2D eigenvalue weighted by molar-refractivity contribution is 8.78. The molecule has 2 aromatic heterocycles. The zero-order valence-corrected chi connectivity index (χ0v) is 47.9. The first-order valence-electron chi connectivity index (χ1n) is 25.1. The van der Waals surface area contributed by atoms with Crippen LogP contribution in [-0.2, 0) is 39.5 Å². The number of ether oxygens (including phenoxy) is 1. The normalized spacial score (nSPS) is 32.5. The largest absolute Gasteiger partial charge is 0.460 e. The number of nitrogens with zero attached hydrogens (tertiary/aromatic N) is 8. The first-order valence-corrected chi connectivity index (χ1v) is 30.6. The Labute approximate surface area is 468 Å². The SMILES string of the molecule is CN1C(=O)[C@@]23C[C@]4([C@]56C[C@@]78SS[C@@](CO)(C(=O)N7[C@H]5Nc5ccccc56)N(C)C8=O)c5ccccc5N[C@@H]4N2C(=O)[C@]1(CO)SS3.Cc1sc2c(c1C)C(c1ccc(Cl)cc1)=N[C@@H](CC(=O)OC(C)(C)C)c1nnc(C)n1-2. The molecule has 8 fully saturated rings. The Bertz CT molecular complexity index is 3370. The number of halogens is 1. The molecule has 0 saturated carbocycles. The summed E-state index contributed by atoms with van der Waals surface area (Å²) in [6.07, 6.45) is -0.931. The third kappa shape index (κ3) is 6.33. The van der Waals surface area contributed by atoms with Crippen LogP contribution in [0.1, 0.15) is 90.4 Å². The Kier molecular flexibility index (Phi) is 11.2. The van der Waals surface area contributed by atoms with Crippen molar-refractivity contribution in [3.8, 4) is 5.00 Å². The number of anilines is 2. The number of hydrogen-bond donors (Lipinski definition) is 4. The zero-order chi connectivity index (χ0) is 54.3. The minimum absolute atomic E-state index is 0.0828. The Morgan fingerprint density at radius 1 is 0.740 bits per heavy atom. The van der Waals surface area contributed by atoms with Crippen molar-refractivity contribution in [1.82, 2.24) is 34.4 Å². The first kappa shape index (κ1) is 51.2. The lowest BCUT2D eigenvalue weighted by molar-refractivity contribution is -0.166. The fourth-order valence-corrected chi connectivity index (χ4v) is 22.2. The van der Waals surface area contributed by atoms with Crippen LogP contribution in [0.15, 0.2) is 77.8 Å². The standard InChI is InChI=1S/C30H28N6O6S4.C23H25ClN4O2S/c1-33-21(39)27-11-25(15-7-3-5-9-17(15)31-19(25)35(27)23(41)29(33,13-37)45-43-27)26-12-28-22(40)34(2)30(14-38,46-44-28)24(42)36(28)20(26)32-18-10-6-4-8-16(18)26;1-12-13(2)31-22-19(12)20(15-7-9-16(24)10-8-15)25-17(11-18(29)30-23(4,5)6)21-27-26-14(3)28(21)22/h3-10,19-20,31-32,37-38H,11-14H2,1-2H3;7-10,17H,11H2,1-6H3/t19-,20-,25+,26+,27+,28+,29+,30+;17-/m10/s1. The van der Waals surface area contributed by atoms with Gasteiger partial charge in [0.2, 0.25) is 9.74 Å². The molecule has 0 aliphatic carbocycles. The van der Waals surface area contributed by atoms with E-state index in [-0.39, 0.29) is 48.9 Å². The maximum Gasteiger partial charge on any atom is 0.308 e. The van der Waals surface area contributed by atoms with Gasteiger partial charge in [-0.05, 0) is 104 Å². The second-order valence-corrected chi connectivity index (χ2v) is 29.0. The van der Waals surface area contributed by atoms with Gasteiger partial charge in [0.05, 0.1) is 36.2 Å². The van der Waals surface area contributed by atoms with Gasteiger partial charge in [-0.25, -0.2) is 0 Å². The summed E-state index contributed by atoms with van der Waals surface area (Å²) in [5.41, 5.74) is 4.85. The molecule has 16 rings (SSSR count). The van der Waals surface area contributed by atoms with E-state index in [1.807, 2.05) is 105 Å². The molecular weight excluding hydrogens is 1100 g/mol. The number of benzene rings is 3. The van der Waals surface area contributed by atoms with E-state index in [2.05, 4.69) is 34.7 Å². The smallest absolute Gasteiger partial charge is 0.308 e. The van der Waals surface area contributed by atoms with Crippen LogP contribution in [0.25, 0.3) is 5.00 Å². The van der Waals surface area contributed by atoms with Crippen molar-refractivity contribution >= 4 is 113 Å². The molecule has 8 saturated heterocycles. The van der Waals surface area contributed by atoms with E-state index in [1.165, 1.54) is 57.9 Å². The molecule has 11 aliphatic rings. The number of nitrogens with one attached hydrogen (secondary N) is 2. The second-order valence-electron chi connectivity index (χ2n) is 22.0. The maximum absolute atomic E-state index is 14.7. The van der Waals surface area contributed by atoms with E-state index in [4.69, 9.17) is 21.3 Å². The number of rotatable bonds is 6. The van der Waals surface area contributed by atoms with Crippen LogP contribution in [-0.4, -0.2) is 145 Å². The number of carbonyl (C=O) groups excluding carboxylic acids is 5. The number of esters is 1. The summed E-state index contributed by atoms with van der Waals surface area (Å²) in [6.45, 7) is 10.6. The number of carbonyl (C=O) groups is 5. The highest BCUT2D eigenvalue weighted by atomic mass is 35.5. The van der Waals surface area contributed by atoms with Crippen LogP contribution >= 0.6 is 66.1 Å². The van der Waals surface area contributed by atoms with E-state index in [0.29, 0.717) is 10.8 Å². The Balaban J connectivity index is 0.000000160. The zero-order valence-electron chi connectivity index (χ0n) is 43.0. The molecule has 0 radical (unpaired) electrons. The lowest BCUT2D eigenvalue weighted by Gasteiger charge is -2.57. The number of aliphatic hydroxyl groups is 2. The number of amides is 4. The van der Waals surface area contributed by atoms with Gasteiger partial charge in [0, 0.05) is 59.3 Å². The lowest BCUT2D eigenvalue weighted by atomic mass is 9.54. The predicted octanol–water partition coefficient (Wildman–Crippen LogP) is 6.87. The van der Waals surface area contributed by atoms with Crippen LogP contribution in [0.5, 0.6) is 0 Å². The predicted molar refractivity (Wildman–Crippen MR) is 299 cm³/mol. The molecule has 4 bridgehead atoms. The molecule has 3 aromatic carbocycles. The van der Waals surface area contributed by atoms with Crippen LogP contribution in [0.3, 0.4) is 0 Å². The van der Waals surface area contributed by atoms with E-state index in [9.17, 15) is 34.2 Å². The van der Waals surface area contributed by atoms with E-state index >= 15 is 0 Å². The van der Waals surface area contributed by atoms with Gasteiger partial charge in [0.15, 0.2) is 15.6 Å². The van der Waals surface area contributed by atoms with Gasteiger partial charge in [-0.1, -0.05) is 81.7 Å². The van der Waals surface area contributed by atoms with Gasteiger partial charge in [0.1, 0.15) is 34.8 Å². The number of hydrogen-bond acceptors (Lipinski definition) is 18. The van der Waals surface area contributed by atoms with Crippen LogP contribution in [0.2, 0.25) is 5.02 Å². The lowest BCUT2D eigenvalue weighted by Crippen LogP contribution is -2.77. The molecule has 4 amide bonds. The molecule has 400 valence electrons. The van der Waals surface area contributed by atoms with E-state index in [0.717, 1.165) is 55.7 Å². The van der Waals surface area contributed by atoms with Crippen molar-refractivity contribution in [1.29, 1.82) is 0 Å². The molecule has 11 aliphatic heterocycles. The summed E-state index contributed by atoms with van der Waals surface area (Å²) in [5.74, 6) is -0.0969. The van der Waals surface area contributed by atoms with Gasteiger partial charge in [0.25, 0.3) is 23.6 Å². The molecule has 77 heavy (non-hydrogen) atoms. The Hall–Kier alpha value is -5.27. The molecule has 5 aromatic rings. The van der Waals surface area contributed by atoms with Crippen LogP contribution in [0.4, 0.5) is 11.4 Å². The number of para-hydroxylation sites is 2. The van der Waals surface area contributed by atoms with Crippen molar-refractivity contribution in [2.75, 3.05) is 37.9 Å². The number of thiophene rings is 1. The summed E-state index contributed by atoms with van der Waals surface area (Å²) < 4.78 is 7.61. The number of fused-ring (bicyclic) bond motifs is 14. The number of aliphatic imine (C=N–C) groups is 1. The molecule has 24 heteroatoms. The van der Waals surface area contributed by atoms with Gasteiger partial charge in [-0.3, -0.25) is 43.3 Å². The molecule has 4 N–H and O–H groups in total. The van der Waals surface area contributed by atoms with Crippen molar-refractivity contribution in [2.45, 2.75) is 115 Å². The number of aromatic nitrogens is 3. The monoisotopic (exact) mass is 1150 g/mol. The van der Waals surface area contributed by atoms with Gasteiger partial charge in [-0.2, -0.15) is 0 Å². The van der Waals surface area contributed by atoms with E-state index < -0.39 is 67.5 Å². The second kappa shape index (κ2) is 16.9. The molecular formula is C53H53ClN10O8S5. The van der Waals surface area contributed by atoms with Crippen molar-refractivity contribution < 1.29 is 38.9 Å². The van der Waals surface area contributed by atoms with Gasteiger partial charge < -0.3 is 35.4 Å². The third-order valence-corrected chi connectivity index (χ3v) is 25.8. The van der Waals surface area contributed by atoms with Gasteiger partial charge >= 0.3 is 5.97 Å². The number of aryl methyl sites for hydroxylation is 2. The summed E-state index contributed by atoms with van der Waals surface area (Å²) in [4.78, 5) is 78.0. The molecule has 18 nitrogen and oxygen atoms in total. The van der Waals surface area contributed by atoms with Gasteiger partial charge in [-0.15, -0.1) is 21.5 Å². The topological polar surface area (TPSA) is 215 Å². The van der Waals surface area contributed by atoms with Crippen molar-refractivity contribution in [3.63, 3.8) is 0 Å². The number of piperazine rings is 2. The minimum atomic E-state index is -1.47. The highest BCUT2D eigenvalue weighted by Crippen LogP contribution is 2.78. The summed E-state index contributed by atoms with van der Waals surface area (Å²) in [7, 11) is 8.28. The molecule has 2 spiro atoms. The first-order chi connectivity index (χ1) is 36.6. The Morgan fingerprint density at radius 2 is 1.25 bits per heavy atom. The number of likely N-dealkylation sites (N-methyl/N-ethyl adjacent to an activating group) is 2. The summed E-state index contributed by atoms with van der Waals surface area (Å²) in [5, 5.41) is 39.0.